The van der Waals surface area contributed by atoms with Crippen LogP contribution in [0.3, 0.4) is 0 Å². The molecule has 0 atom stereocenters. The second kappa shape index (κ2) is 8.02. The molecule has 0 saturated carbocycles. The van der Waals surface area contributed by atoms with E-state index < -0.39 is 11.6 Å². The van der Waals surface area contributed by atoms with E-state index in [1.54, 1.807) is 28.2 Å². The zero-order chi connectivity index (χ0) is 18.7. The Balaban J connectivity index is 2.15. The average Bonchev–Trinajstić information content (AvgIpc) is 2.51. The minimum absolute atomic E-state index is 0.102. The number of hydrogen-bond donors (Lipinski definition) is 0. The number of nitrogens with zero attached hydrogens (tertiary/aromatic N) is 2. The molecule has 0 aromatic heterocycles. The van der Waals surface area contributed by atoms with Gasteiger partial charge in [-0.05, 0) is 24.3 Å². The van der Waals surface area contributed by atoms with E-state index in [2.05, 4.69) is 0 Å². The van der Waals surface area contributed by atoms with Gasteiger partial charge in [0.25, 0.3) is 0 Å². The second-order valence-electron chi connectivity index (χ2n) is 5.54. The van der Waals surface area contributed by atoms with Gasteiger partial charge >= 0.3 is 7.69 Å². The molecular weight excluding hydrogens is 372 g/mol. The molecule has 0 fully saturated rings. The van der Waals surface area contributed by atoms with E-state index in [4.69, 9.17) is 32.5 Å². The molecule has 0 aliphatic carbocycles. The fraction of sp³-hybridized carbons (Fsp3) is 0.250. The quantitative estimate of drug-likeness (QED) is 0.686. The molecule has 9 heteroatoms. The molecule has 1 radical (unpaired) electrons. The SMILES string of the molecule is CN(C)c1c(Cl)ccc(O[B]Oc2ccc(Cl)c(N(C)C)c2F)c1F. The van der Waals surface area contributed by atoms with Gasteiger partial charge in [0.05, 0.1) is 21.4 Å². The van der Waals surface area contributed by atoms with Gasteiger partial charge in [-0.3, -0.25) is 0 Å². The van der Waals surface area contributed by atoms with Gasteiger partial charge < -0.3 is 19.1 Å². The molecule has 2 aromatic carbocycles. The molecule has 0 heterocycles. The Morgan fingerprint density at radius 3 is 1.44 bits per heavy atom. The normalized spacial score (nSPS) is 10.4. The van der Waals surface area contributed by atoms with Crippen molar-refractivity contribution in [2.75, 3.05) is 38.0 Å². The lowest BCUT2D eigenvalue weighted by Crippen LogP contribution is -2.17. The standard InChI is InChI=1S/C16H16BCl2F2N2O2/c1-22(2)15-9(18)5-7-11(13(15)20)24-17-25-12-8-6-10(19)16(14(12)21)23(3)4/h5-8H,1-4H3. The molecule has 25 heavy (non-hydrogen) atoms. The number of benzene rings is 2. The van der Waals surface area contributed by atoms with Crippen LogP contribution in [0.15, 0.2) is 24.3 Å². The van der Waals surface area contributed by atoms with Gasteiger partial charge in [0, 0.05) is 28.2 Å². The Bertz CT molecular complexity index is 713. The van der Waals surface area contributed by atoms with E-state index in [1.807, 2.05) is 0 Å². The summed E-state index contributed by atoms with van der Waals surface area (Å²) in [5, 5.41) is 0.491. The highest BCUT2D eigenvalue weighted by Crippen LogP contribution is 2.35. The third kappa shape index (κ3) is 4.22. The van der Waals surface area contributed by atoms with Crippen LogP contribution in [0.2, 0.25) is 10.0 Å². The molecule has 0 aliphatic heterocycles. The van der Waals surface area contributed by atoms with Crippen LogP contribution in [0.4, 0.5) is 20.2 Å². The van der Waals surface area contributed by atoms with Crippen LogP contribution < -0.4 is 19.1 Å². The van der Waals surface area contributed by atoms with Crippen LogP contribution >= 0.6 is 23.2 Å². The Morgan fingerprint density at radius 1 is 0.760 bits per heavy atom. The van der Waals surface area contributed by atoms with Crippen molar-refractivity contribution >= 4 is 42.3 Å². The molecule has 0 unspecified atom stereocenters. The predicted octanol–water partition coefficient (Wildman–Crippen LogP) is 4.40. The molecular formula is C16H16BCl2F2N2O2. The van der Waals surface area contributed by atoms with Crippen LogP contribution in [-0.2, 0) is 0 Å². The molecule has 0 N–H and O–H groups in total. The first kappa shape index (κ1) is 19.5. The summed E-state index contributed by atoms with van der Waals surface area (Å²) in [7, 11) is 7.46. The summed E-state index contributed by atoms with van der Waals surface area (Å²) in [6, 6.07) is 5.70. The van der Waals surface area contributed by atoms with Crippen molar-refractivity contribution in [3.05, 3.63) is 45.9 Å². The Kier molecular flexibility index (Phi) is 6.24. The van der Waals surface area contributed by atoms with Crippen molar-refractivity contribution in [3.8, 4) is 11.5 Å². The van der Waals surface area contributed by atoms with Gasteiger partial charge in [0.1, 0.15) is 11.5 Å². The minimum atomic E-state index is -0.650. The monoisotopic (exact) mass is 387 g/mol. The first-order valence-corrected chi connectivity index (χ1v) is 7.95. The molecule has 2 aromatic rings. The van der Waals surface area contributed by atoms with Crippen molar-refractivity contribution < 1.29 is 18.1 Å². The van der Waals surface area contributed by atoms with Crippen molar-refractivity contribution in [3.63, 3.8) is 0 Å². The van der Waals surface area contributed by atoms with Crippen molar-refractivity contribution in [2.24, 2.45) is 0 Å². The molecule has 0 amide bonds. The summed E-state index contributed by atoms with van der Waals surface area (Å²) < 4.78 is 39.1. The smallest absolute Gasteiger partial charge is 0.524 e. The fourth-order valence-electron chi connectivity index (χ4n) is 2.17. The van der Waals surface area contributed by atoms with E-state index in [9.17, 15) is 8.78 Å². The maximum Gasteiger partial charge on any atom is 0.658 e. The lowest BCUT2D eigenvalue weighted by Gasteiger charge is -2.18. The van der Waals surface area contributed by atoms with Gasteiger partial charge in [-0.25, -0.2) is 8.78 Å². The molecule has 0 spiro atoms. The van der Waals surface area contributed by atoms with Crippen molar-refractivity contribution in [1.29, 1.82) is 0 Å². The van der Waals surface area contributed by atoms with Crippen LogP contribution in [-0.4, -0.2) is 35.9 Å². The molecule has 0 aliphatic rings. The first-order chi connectivity index (χ1) is 11.7. The summed E-state index contributed by atoms with van der Waals surface area (Å²) in [4.78, 5) is 3.04. The van der Waals surface area contributed by atoms with Gasteiger partial charge in [0.15, 0.2) is 11.6 Å². The number of halogens is 4. The van der Waals surface area contributed by atoms with E-state index in [1.165, 1.54) is 34.1 Å². The van der Waals surface area contributed by atoms with E-state index in [-0.39, 0.29) is 32.9 Å². The van der Waals surface area contributed by atoms with Crippen LogP contribution in [0.5, 0.6) is 11.5 Å². The van der Waals surface area contributed by atoms with E-state index >= 15 is 0 Å². The van der Waals surface area contributed by atoms with Gasteiger partial charge in [-0.15, -0.1) is 0 Å². The zero-order valence-electron chi connectivity index (χ0n) is 14.1. The fourth-order valence-corrected chi connectivity index (χ4v) is 2.80. The van der Waals surface area contributed by atoms with Crippen LogP contribution in [0.25, 0.3) is 0 Å². The molecule has 133 valence electrons. The largest absolute Gasteiger partial charge is 0.658 e. The topological polar surface area (TPSA) is 24.9 Å². The zero-order valence-corrected chi connectivity index (χ0v) is 15.6. The van der Waals surface area contributed by atoms with Gasteiger partial charge in [0.2, 0.25) is 0 Å². The molecule has 0 saturated heterocycles. The molecule has 0 bridgehead atoms. The maximum atomic E-state index is 14.4. The van der Waals surface area contributed by atoms with E-state index in [0.29, 0.717) is 0 Å². The average molecular weight is 388 g/mol. The minimum Gasteiger partial charge on any atom is -0.524 e. The Labute approximate surface area is 156 Å². The van der Waals surface area contributed by atoms with E-state index in [0.717, 1.165) is 7.69 Å². The highest BCUT2D eigenvalue weighted by molar-refractivity contribution is 6.33. The molecule has 4 nitrogen and oxygen atoms in total. The Morgan fingerprint density at radius 2 is 1.12 bits per heavy atom. The second-order valence-corrected chi connectivity index (χ2v) is 6.35. The van der Waals surface area contributed by atoms with Crippen molar-refractivity contribution in [2.45, 2.75) is 0 Å². The highest BCUT2D eigenvalue weighted by Gasteiger charge is 2.19. The van der Waals surface area contributed by atoms with Gasteiger partial charge in [-0.1, -0.05) is 23.2 Å². The van der Waals surface area contributed by atoms with Crippen molar-refractivity contribution in [1.82, 2.24) is 0 Å². The third-order valence-corrected chi connectivity index (χ3v) is 3.92. The first-order valence-electron chi connectivity index (χ1n) is 7.19. The van der Waals surface area contributed by atoms with Crippen LogP contribution in [0.1, 0.15) is 0 Å². The molecule has 2 rings (SSSR count). The van der Waals surface area contributed by atoms with Crippen LogP contribution in [0, 0.1) is 11.6 Å². The Hall–Kier alpha value is -1.86. The lowest BCUT2D eigenvalue weighted by molar-refractivity contribution is 0.421. The number of hydrogen-bond acceptors (Lipinski definition) is 4. The third-order valence-electron chi connectivity index (χ3n) is 3.31. The number of anilines is 2. The number of rotatable bonds is 6. The lowest BCUT2D eigenvalue weighted by atomic mass is 10.2. The summed E-state index contributed by atoms with van der Waals surface area (Å²) in [5.41, 5.74) is 0.361. The highest BCUT2D eigenvalue weighted by atomic mass is 35.5. The summed E-state index contributed by atoms with van der Waals surface area (Å²) in [6.45, 7) is 0. The van der Waals surface area contributed by atoms with Gasteiger partial charge in [-0.2, -0.15) is 0 Å². The maximum absolute atomic E-state index is 14.4. The summed E-state index contributed by atoms with van der Waals surface area (Å²) in [6.07, 6.45) is 0. The summed E-state index contributed by atoms with van der Waals surface area (Å²) in [5.74, 6) is -1.50. The summed E-state index contributed by atoms with van der Waals surface area (Å²) >= 11 is 11.9. The predicted molar refractivity (Wildman–Crippen MR) is 98.5 cm³/mol.